The minimum absolute atomic E-state index is 0.149. The van der Waals surface area contributed by atoms with Gasteiger partial charge >= 0.3 is 0 Å². The molecule has 0 N–H and O–H groups in total. The van der Waals surface area contributed by atoms with Gasteiger partial charge < -0.3 is 14.7 Å². The standard InChI is InChI=1S/C32H32N4O/c1-3-23-20-26-12-15-36(31(26)22-30(23)35-18-16-34(2)17-19-35)32(37)21-25-8-9-28(24-10-13-33-14-11-24)29-7-5-4-6-27(25)29/h3-11,13-14,20,22H,1,12,15-19,21H2,2H3. The van der Waals surface area contributed by atoms with Crippen molar-refractivity contribution in [3.63, 3.8) is 0 Å². The number of hydrogen-bond donors (Lipinski definition) is 0. The number of fused-ring (bicyclic) bond motifs is 2. The van der Waals surface area contributed by atoms with Crippen LogP contribution in [0, 0.1) is 0 Å². The lowest BCUT2D eigenvalue weighted by atomic mass is 9.94. The molecule has 0 unspecified atom stereocenters. The van der Waals surface area contributed by atoms with Crippen LogP contribution in [0.3, 0.4) is 0 Å². The number of piperazine rings is 1. The molecule has 37 heavy (non-hydrogen) atoms. The molecule has 0 saturated carbocycles. The number of benzene rings is 3. The number of anilines is 2. The van der Waals surface area contributed by atoms with Crippen molar-refractivity contribution in [3.05, 3.63) is 96.3 Å². The van der Waals surface area contributed by atoms with E-state index in [0.717, 1.165) is 77.9 Å². The summed E-state index contributed by atoms with van der Waals surface area (Å²) in [5.41, 5.74) is 8.00. The van der Waals surface area contributed by atoms with Gasteiger partial charge in [0.15, 0.2) is 0 Å². The lowest BCUT2D eigenvalue weighted by Crippen LogP contribution is -2.44. The van der Waals surface area contributed by atoms with Crippen molar-refractivity contribution < 1.29 is 4.79 Å². The quantitative estimate of drug-likeness (QED) is 0.376. The summed E-state index contributed by atoms with van der Waals surface area (Å²) in [6, 6.07) is 21.2. The third-order valence-corrected chi connectivity index (χ3v) is 7.84. The second-order valence-corrected chi connectivity index (χ2v) is 10.1. The predicted octanol–water partition coefficient (Wildman–Crippen LogP) is 5.43. The Morgan fingerprint density at radius 2 is 1.68 bits per heavy atom. The molecule has 0 aliphatic carbocycles. The first kappa shape index (κ1) is 23.4. The minimum Gasteiger partial charge on any atom is -0.368 e. The maximum atomic E-state index is 13.7. The minimum atomic E-state index is 0.149. The first-order chi connectivity index (χ1) is 18.1. The van der Waals surface area contributed by atoms with Gasteiger partial charge in [0.1, 0.15) is 0 Å². The summed E-state index contributed by atoms with van der Waals surface area (Å²) in [5.74, 6) is 0.149. The second kappa shape index (κ2) is 9.83. The molecule has 5 heteroatoms. The Bertz CT molecular complexity index is 1470. The zero-order valence-corrected chi connectivity index (χ0v) is 21.4. The second-order valence-electron chi connectivity index (χ2n) is 10.1. The SMILES string of the molecule is C=Cc1cc2c(cc1N1CCN(C)CC1)N(C(=O)Cc1ccc(-c3ccncc3)c3ccccc13)CC2. The number of likely N-dealkylation sites (N-methyl/N-ethyl adjacent to an activating group) is 1. The summed E-state index contributed by atoms with van der Waals surface area (Å²) < 4.78 is 0. The third-order valence-electron chi connectivity index (χ3n) is 7.84. The fraction of sp³-hybridized carbons (Fsp3) is 0.250. The largest absolute Gasteiger partial charge is 0.368 e. The highest BCUT2D eigenvalue weighted by Gasteiger charge is 2.28. The highest BCUT2D eigenvalue weighted by molar-refractivity contribution is 6.03. The molecule has 186 valence electrons. The average Bonchev–Trinajstić information content (AvgIpc) is 3.36. The molecule has 2 aliphatic rings. The Balaban J connectivity index is 1.31. The molecule has 2 aliphatic heterocycles. The smallest absolute Gasteiger partial charge is 0.231 e. The zero-order valence-electron chi connectivity index (χ0n) is 21.4. The molecule has 3 aromatic carbocycles. The van der Waals surface area contributed by atoms with E-state index in [4.69, 9.17) is 0 Å². The molecule has 0 atom stereocenters. The van der Waals surface area contributed by atoms with Gasteiger partial charge in [-0.15, -0.1) is 0 Å². The summed E-state index contributed by atoms with van der Waals surface area (Å²) in [6.07, 6.45) is 6.85. The van der Waals surface area contributed by atoms with Crippen LogP contribution in [0.25, 0.3) is 28.0 Å². The van der Waals surface area contributed by atoms with Crippen LogP contribution >= 0.6 is 0 Å². The Hall–Kier alpha value is -3.96. The van der Waals surface area contributed by atoms with Crippen molar-refractivity contribution in [1.82, 2.24) is 9.88 Å². The Labute approximate surface area is 218 Å². The van der Waals surface area contributed by atoms with Crippen LogP contribution in [0.15, 0.2) is 79.6 Å². The van der Waals surface area contributed by atoms with Crippen molar-refractivity contribution in [3.8, 4) is 11.1 Å². The van der Waals surface area contributed by atoms with Crippen LogP contribution in [0.1, 0.15) is 16.7 Å². The van der Waals surface area contributed by atoms with Gasteiger partial charge in [0, 0.05) is 56.5 Å². The van der Waals surface area contributed by atoms with Crippen molar-refractivity contribution in [2.45, 2.75) is 12.8 Å². The number of amides is 1. The molecule has 5 nitrogen and oxygen atoms in total. The van der Waals surface area contributed by atoms with E-state index >= 15 is 0 Å². The summed E-state index contributed by atoms with van der Waals surface area (Å²) in [5, 5.41) is 2.29. The molecule has 4 aromatic rings. The van der Waals surface area contributed by atoms with E-state index in [9.17, 15) is 4.79 Å². The monoisotopic (exact) mass is 488 g/mol. The maximum Gasteiger partial charge on any atom is 0.231 e. The molecule has 0 bridgehead atoms. The van der Waals surface area contributed by atoms with E-state index in [0.29, 0.717) is 6.42 Å². The van der Waals surface area contributed by atoms with E-state index in [1.165, 1.54) is 11.3 Å². The molecule has 1 saturated heterocycles. The highest BCUT2D eigenvalue weighted by Crippen LogP contribution is 2.37. The number of carbonyl (C=O) groups excluding carboxylic acids is 1. The van der Waals surface area contributed by atoms with Crippen molar-refractivity contribution in [2.75, 3.05) is 49.6 Å². The number of rotatable bonds is 5. The van der Waals surface area contributed by atoms with Crippen LogP contribution in [0.5, 0.6) is 0 Å². The van der Waals surface area contributed by atoms with Gasteiger partial charge in [-0.2, -0.15) is 0 Å². The van der Waals surface area contributed by atoms with Gasteiger partial charge in [0.05, 0.1) is 6.42 Å². The van der Waals surface area contributed by atoms with Crippen LogP contribution in [-0.2, 0) is 17.6 Å². The molecule has 0 radical (unpaired) electrons. The normalized spacial score (nSPS) is 15.7. The summed E-state index contributed by atoms with van der Waals surface area (Å²) >= 11 is 0. The molecule has 1 amide bonds. The molecular weight excluding hydrogens is 456 g/mol. The molecule has 0 spiro atoms. The molecule has 6 rings (SSSR count). The Morgan fingerprint density at radius 3 is 2.43 bits per heavy atom. The lowest BCUT2D eigenvalue weighted by Gasteiger charge is -2.35. The number of nitrogens with zero attached hydrogens (tertiary/aromatic N) is 4. The predicted molar refractivity (Wildman–Crippen MR) is 153 cm³/mol. The van der Waals surface area contributed by atoms with Crippen LogP contribution in [0.4, 0.5) is 11.4 Å². The van der Waals surface area contributed by atoms with E-state index in [2.05, 4.69) is 76.9 Å². The summed E-state index contributed by atoms with van der Waals surface area (Å²) in [6.45, 7) is 8.85. The maximum absolute atomic E-state index is 13.7. The van der Waals surface area contributed by atoms with Gasteiger partial charge in [-0.1, -0.05) is 49.1 Å². The van der Waals surface area contributed by atoms with Gasteiger partial charge in [-0.25, -0.2) is 0 Å². The number of carbonyl (C=O) groups is 1. The molecule has 1 fully saturated rings. The average molecular weight is 489 g/mol. The van der Waals surface area contributed by atoms with Crippen LogP contribution in [0.2, 0.25) is 0 Å². The van der Waals surface area contributed by atoms with Crippen molar-refractivity contribution in [1.29, 1.82) is 0 Å². The van der Waals surface area contributed by atoms with Crippen LogP contribution < -0.4 is 9.80 Å². The van der Waals surface area contributed by atoms with Crippen LogP contribution in [-0.4, -0.2) is 55.6 Å². The van der Waals surface area contributed by atoms with E-state index in [-0.39, 0.29) is 5.91 Å². The van der Waals surface area contributed by atoms with Gasteiger partial charge in [-0.05, 0) is 76.3 Å². The lowest BCUT2D eigenvalue weighted by molar-refractivity contribution is -0.117. The topological polar surface area (TPSA) is 39.7 Å². The Kier molecular flexibility index (Phi) is 6.23. The van der Waals surface area contributed by atoms with Gasteiger partial charge in [0.25, 0.3) is 0 Å². The van der Waals surface area contributed by atoms with Gasteiger partial charge in [-0.3, -0.25) is 9.78 Å². The van der Waals surface area contributed by atoms with E-state index < -0.39 is 0 Å². The highest BCUT2D eigenvalue weighted by atomic mass is 16.2. The van der Waals surface area contributed by atoms with Crippen molar-refractivity contribution >= 4 is 34.1 Å². The third kappa shape index (κ3) is 4.40. The summed E-state index contributed by atoms with van der Waals surface area (Å²) in [4.78, 5) is 24.7. The van der Waals surface area contributed by atoms with Gasteiger partial charge in [0.2, 0.25) is 5.91 Å². The van der Waals surface area contributed by atoms with E-state index in [1.54, 1.807) is 0 Å². The number of pyridine rings is 1. The molecule has 1 aromatic heterocycles. The molecule has 3 heterocycles. The fourth-order valence-corrected chi connectivity index (χ4v) is 5.75. The summed E-state index contributed by atoms with van der Waals surface area (Å²) in [7, 11) is 2.17. The first-order valence-electron chi connectivity index (χ1n) is 13.1. The fourth-order valence-electron chi connectivity index (χ4n) is 5.75. The molecular formula is C32H32N4O. The zero-order chi connectivity index (χ0) is 25.4. The number of aromatic nitrogens is 1. The Morgan fingerprint density at radius 1 is 0.919 bits per heavy atom. The van der Waals surface area contributed by atoms with E-state index in [1.807, 2.05) is 35.5 Å². The van der Waals surface area contributed by atoms with Crippen molar-refractivity contribution in [2.24, 2.45) is 0 Å². The first-order valence-corrected chi connectivity index (χ1v) is 13.1. The number of hydrogen-bond acceptors (Lipinski definition) is 4.